The second kappa shape index (κ2) is 4.87. The van der Waals surface area contributed by atoms with Crippen LogP contribution in [0.1, 0.15) is 6.92 Å². The van der Waals surface area contributed by atoms with Crippen LogP contribution in [-0.4, -0.2) is 60.0 Å². The Kier molecular flexibility index (Phi) is 3.10. The Morgan fingerprint density at radius 3 is 2.67 bits per heavy atom. The van der Waals surface area contributed by atoms with Crippen molar-refractivity contribution in [2.24, 2.45) is 0 Å². The Bertz CT molecular complexity index is 659. The van der Waals surface area contributed by atoms with Gasteiger partial charge >= 0.3 is 0 Å². The number of benzene rings is 1. The monoisotopic (exact) mass is 306 g/mol. The van der Waals surface area contributed by atoms with E-state index < -0.39 is 0 Å². The molecule has 2 aliphatic rings. The number of piperazine rings is 1. The van der Waals surface area contributed by atoms with Crippen molar-refractivity contribution in [3.63, 3.8) is 0 Å². The lowest BCUT2D eigenvalue weighted by molar-refractivity contribution is -0.131. The van der Waals surface area contributed by atoms with Gasteiger partial charge in [0, 0.05) is 31.6 Å². The maximum absolute atomic E-state index is 6.44. The van der Waals surface area contributed by atoms with Crippen LogP contribution in [0.15, 0.2) is 18.3 Å². The molecule has 0 bridgehead atoms. The highest BCUT2D eigenvalue weighted by Gasteiger charge is 2.40. The molecule has 2 fully saturated rings. The number of nitrogens with one attached hydrogen (secondary N) is 1. The number of aromatic amines is 1. The molecule has 6 heteroatoms. The minimum atomic E-state index is 0.239. The predicted molar refractivity (Wildman–Crippen MR) is 84.1 cm³/mol. The molecule has 0 amide bonds. The summed E-state index contributed by atoms with van der Waals surface area (Å²) in [4.78, 5) is 4.90. The van der Waals surface area contributed by atoms with Gasteiger partial charge in [0.2, 0.25) is 0 Å². The van der Waals surface area contributed by atoms with Crippen LogP contribution in [0.2, 0.25) is 5.02 Å². The summed E-state index contributed by atoms with van der Waals surface area (Å²) in [6.45, 7) is 8.09. The zero-order chi connectivity index (χ0) is 14.4. The molecule has 112 valence electrons. The average molecular weight is 307 g/mol. The molecule has 1 aromatic heterocycles. The number of fused-ring (bicyclic) bond motifs is 1. The summed E-state index contributed by atoms with van der Waals surface area (Å²) in [6, 6.07) is 4.09. The molecule has 1 N–H and O–H groups in total. The highest BCUT2D eigenvalue weighted by atomic mass is 35.5. The molecule has 0 radical (unpaired) electrons. The zero-order valence-electron chi connectivity index (χ0n) is 12.1. The normalized spacial score (nSPS) is 22.5. The van der Waals surface area contributed by atoms with Crippen molar-refractivity contribution in [3.8, 4) is 0 Å². The predicted octanol–water partition coefficient (Wildman–Crippen LogP) is 2.13. The van der Waals surface area contributed by atoms with Crippen molar-refractivity contribution in [2.45, 2.75) is 12.5 Å². The molecule has 5 nitrogen and oxygen atoms in total. The van der Waals surface area contributed by atoms with Crippen LogP contribution < -0.4 is 4.90 Å². The maximum Gasteiger partial charge on any atom is 0.0672 e. The number of anilines is 1. The van der Waals surface area contributed by atoms with E-state index in [1.807, 2.05) is 6.07 Å². The van der Waals surface area contributed by atoms with Crippen molar-refractivity contribution >= 4 is 28.2 Å². The lowest BCUT2D eigenvalue weighted by Crippen LogP contribution is -2.64. The molecule has 0 unspecified atom stereocenters. The zero-order valence-corrected chi connectivity index (χ0v) is 12.9. The van der Waals surface area contributed by atoms with Crippen LogP contribution in [0.25, 0.3) is 10.9 Å². The third-order valence-electron chi connectivity index (χ3n) is 4.72. The van der Waals surface area contributed by atoms with Gasteiger partial charge in [-0.3, -0.25) is 10.00 Å². The molecule has 0 saturated carbocycles. The number of aromatic nitrogens is 2. The number of ether oxygens (including phenoxy) is 1. The van der Waals surface area contributed by atoms with E-state index >= 15 is 0 Å². The lowest BCUT2D eigenvalue weighted by atomic mass is 9.97. The smallest absolute Gasteiger partial charge is 0.0672 e. The van der Waals surface area contributed by atoms with Crippen molar-refractivity contribution in [2.75, 3.05) is 44.3 Å². The number of hydrogen-bond acceptors (Lipinski definition) is 4. The topological polar surface area (TPSA) is 44.4 Å². The molecule has 2 aromatic rings. The van der Waals surface area contributed by atoms with Gasteiger partial charge in [0.1, 0.15) is 0 Å². The summed E-state index contributed by atoms with van der Waals surface area (Å²) in [6.07, 6.45) is 1.81. The second-order valence-corrected chi connectivity index (χ2v) is 6.63. The number of nitrogens with zero attached hydrogens (tertiary/aromatic N) is 3. The summed E-state index contributed by atoms with van der Waals surface area (Å²) in [5.74, 6) is 0. The quantitative estimate of drug-likeness (QED) is 0.923. The fourth-order valence-corrected chi connectivity index (χ4v) is 3.55. The highest BCUT2D eigenvalue weighted by molar-refractivity contribution is 6.34. The summed E-state index contributed by atoms with van der Waals surface area (Å²) >= 11 is 6.44. The Morgan fingerprint density at radius 1 is 1.24 bits per heavy atom. The average Bonchev–Trinajstić information content (AvgIpc) is 2.91. The minimum Gasteiger partial charge on any atom is -0.377 e. The summed E-state index contributed by atoms with van der Waals surface area (Å²) in [5, 5.41) is 8.94. The minimum absolute atomic E-state index is 0.239. The van der Waals surface area contributed by atoms with E-state index in [9.17, 15) is 0 Å². The molecular weight excluding hydrogens is 288 g/mol. The summed E-state index contributed by atoms with van der Waals surface area (Å²) < 4.78 is 5.37. The molecular formula is C15H19ClN4O. The molecule has 21 heavy (non-hydrogen) atoms. The van der Waals surface area contributed by atoms with E-state index in [1.165, 1.54) is 0 Å². The first-order valence-corrected chi connectivity index (χ1v) is 7.74. The Morgan fingerprint density at radius 2 is 2.00 bits per heavy atom. The van der Waals surface area contributed by atoms with Gasteiger partial charge in [-0.15, -0.1) is 0 Å². The largest absolute Gasteiger partial charge is 0.377 e. The van der Waals surface area contributed by atoms with Gasteiger partial charge in [-0.25, -0.2) is 0 Å². The van der Waals surface area contributed by atoms with Crippen LogP contribution in [-0.2, 0) is 4.74 Å². The Hall–Kier alpha value is -1.30. The van der Waals surface area contributed by atoms with Gasteiger partial charge in [-0.2, -0.15) is 5.10 Å². The third kappa shape index (κ3) is 2.20. The standard InChI is InChI=1S/C15H19ClN4O/c1-15(9-21-10-15)20-4-2-19(3-5-20)14-7-13-11(6-12(14)16)8-17-18-13/h6-8H,2-5,9-10H2,1H3,(H,17,18). The van der Waals surface area contributed by atoms with E-state index in [1.54, 1.807) is 6.20 Å². The van der Waals surface area contributed by atoms with Crippen molar-refractivity contribution in [1.82, 2.24) is 15.1 Å². The van der Waals surface area contributed by atoms with Crippen molar-refractivity contribution in [3.05, 3.63) is 23.4 Å². The second-order valence-electron chi connectivity index (χ2n) is 6.22. The van der Waals surface area contributed by atoms with Gasteiger partial charge in [0.15, 0.2) is 0 Å². The van der Waals surface area contributed by atoms with E-state index in [0.717, 1.165) is 61.0 Å². The SMILES string of the molecule is CC1(N2CCN(c3cc4[nH]ncc4cc3Cl)CC2)COC1. The van der Waals surface area contributed by atoms with Gasteiger partial charge in [-0.1, -0.05) is 11.6 Å². The molecule has 2 aliphatic heterocycles. The van der Waals surface area contributed by atoms with E-state index in [0.29, 0.717) is 0 Å². The molecule has 1 aromatic carbocycles. The van der Waals surface area contributed by atoms with Crippen molar-refractivity contribution in [1.29, 1.82) is 0 Å². The number of H-pyrrole nitrogens is 1. The van der Waals surface area contributed by atoms with Crippen LogP contribution in [0, 0.1) is 0 Å². The maximum atomic E-state index is 6.44. The van der Waals surface area contributed by atoms with Gasteiger partial charge in [0.05, 0.1) is 41.2 Å². The van der Waals surface area contributed by atoms with Crippen LogP contribution >= 0.6 is 11.6 Å². The molecule has 3 heterocycles. The third-order valence-corrected chi connectivity index (χ3v) is 5.02. The number of rotatable bonds is 2. The molecule has 0 spiro atoms. The van der Waals surface area contributed by atoms with Crippen LogP contribution in [0.4, 0.5) is 5.69 Å². The van der Waals surface area contributed by atoms with Crippen LogP contribution in [0.3, 0.4) is 0 Å². The first-order valence-electron chi connectivity index (χ1n) is 7.36. The van der Waals surface area contributed by atoms with Crippen LogP contribution in [0.5, 0.6) is 0 Å². The Balaban J connectivity index is 1.53. The fraction of sp³-hybridized carbons (Fsp3) is 0.533. The number of hydrogen-bond donors (Lipinski definition) is 1. The summed E-state index contributed by atoms with van der Waals surface area (Å²) in [7, 11) is 0. The van der Waals surface area contributed by atoms with E-state index in [4.69, 9.17) is 16.3 Å². The molecule has 0 atom stereocenters. The number of halogens is 1. The summed E-state index contributed by atoms with van der Waals surface area (Å²) in [5.41, 5.74) is 2.38. The highest BCUT2D eigenvalue weighted by Crippen LogP contribution is 2.32. The molecule has 2 saturated heterocycles. The Labute approximate surface area is 128 Å². The fourth-order valence-electron chi connectivity index (χ4n) is 3.26. The van der Waals surface area contributed by atoms with E-state index in [2.05, 4.69) is 33.0 Å². The van der Waals surface area contributed by atoms with Gasteiger partial charge < -0.3 is 9.64 Å². The first kappa shape index (κ1) is 13.4. The molecule has 4 rings (SSSR count). The lowest BCUT2D eigenvalue weighted by Gasteiger charge is -2.50. The van der Waals surface area contributed by atoms with Gasteiger partial charge in [0.25, 0.3) is 0 Å². The first-order chi connectivity index (χ1) is 10.2. The van der Waals surface area contributed by atoms with Gasteiger partial charge in [-0.05, 0) is 19.1 Å². The van der Waals surface area contributed by atoms with Crippen molar-refractivity contribution < 1.29 is 4.74 Å². The molecule has 0 aliphatic carbocycles. The van der Waals surface area contributed by atoms with E-state index in [-0.39, 0.29) is 5.54 Å².